The first-order chi connectivity index (χ1) is 16.8. The fraction of sp³-hybridized carbons (Fsp3) is 0.185. The molecule has 1 aliphatic carbocycles. The molecule has 2 aliphatic rings. The van der Waals surface area contributed by atoms with Gasteiger partial charge in [-0.25, -0.2) is 0 Å². The summed E-state index contributed by atoms with van der Waals surface area (Å²) in [4.78, 5) is 39.3. The molecule has 176 valence electrons. The van der Waals surface area contributed by atoms with Gasteiger partial charge in [0.15, 0.2) is 0 Å². The fourth-order valence-electron chi connectivity index (χ4n) is 5.06. The number of Topliss-reactive ketones (excluding diaryl/α,β-unsaturated/α-hetero) is 1. The smallest absolute Gasteiger partial charge is 0.269 e. The van der Waals surface area contributed by atoms with Gasteiger partial charge >= 0.3 is 0 Å². The average molecular weight is 488 g/mol. The van der Waals surface area contributed by atoms with Crippen LogP contribution in [0.4, 0.5) is 17.1 Å². The Balaban J connectivity index is 1.69. The number of fused-ring (bicyclic) bond motifs is 2. The molecule has 0 saturated carbocycles. The van der Waals surface area contributed by atoms with Gasteiger partial charge in [-0.3, -0.25) is 19.7 Å². The third-order valence-electron chi connectivity index (χ3n) is 6.58. The van der Waals surface area contributed by atoms with E-state index in [1.54, 1.807) is 29.2 Å². The molecule has 5 rings (SSSR count). The van der Waals surface area contributed by atoms with Crippen molar-refractivity contribution in [3.8, 4) is 0 Å². The normalized spacial score (nSPS) is 21.2. The summed E-state index contributed by atoms with van der Waals surface area (Å²) in [7, 11) is 0. The number of amides is 1. The number of anilines is 2. The Morgan fingerprint density at radius 3 is 2.51 bits per heavy atom. The minimum absolute atomic E-state index is 0.0172. The number of carbonyl (C=O) groups is 2. The van der Waals surface area contributed by atoms with E-state index in [2.05, 4.69) is 5.32 Å². The molecule has 0 spiro atoms. The maximum absolute atomic E-state index is 13.8. The lowest BCUT2D eigenvalue weighted by atomic mass is 9.76. The lowest BCUT2D eigenvalue weighted by molar-refractivity contribution is -0.384. The van der Waals surface area contributed by atoms with Gasteiger partial charge in [0.05, 0.1) is 28.3 Å². The summed E-state index contributed by atoms with van der Waals surface area (Å²) in [6.07, 6.45) is 2.14. The number of nitrogens with one attached hydrogen (secondary N) is 1. The summed E-state index contributed by atoms with van der Waals surface area (Å²) in [5.74, 6) is -1.20. The number of para-hydroxylation sites is 2. The van der Waals surface area contributed by atoms with E-state index < -0.39 is 16.9 Å². The number of nitro benzene ring substituents is 1. The van der Waals surface area contributed by atoms with E-state index in [9.17, 15) is 19.7 Å². The maximum Gasteiger partial charge on any atom is 0.269 e. The van der Waals surface area contributed by atoms with Crippen molar-refractivity contribution < 1.29 is 14.5 Å². The maximum atomic E-state index is 13.8. The number of halogens is 1. The van der Waals surface area contributed by atoms with E-state index in [1.807, 2.05) is 42.5 Å². The second-order valence-corrected chi connectivity index (χ2v) is 9.19. The zero-order valence-corrected chi connectivity index (χ0v) is 19.6. The topological polar surface area (TPSA) is 92.6 Å². The standard InChI is InChI=1S/C27H22ClN3O4/c1-16(32)30-24-8-3-2-7-22(24)29-23-14-19(18-5-4-6-21(13-18)31(34)35)15-25(33)26(23)27(30)17-9-11-20(28)12-10-17/h2-14,19,26-27,29H,15H2,1H3. The summed E-state index contributed by atoms with van der Waals surface area (Å²) in [5, 5.41) is 15.3. The lowest BCUT2D eigenvalue weighted by Crippen LogP contribution is -2.41. The molecule has 1 N–H and O–H groups in total. The summed E-state index contributed by atoms with van der Waals surface area (Å²) >= 11 is 6.13. The van der Waals surface area contributed by atoms with Gasteiger partial charge < -0.3 is 10.2 Å². The number of nitrogens with zero attached hydrogens (tertiary/aromatic N) is 2. The Bertz CT molecular complexity index is 1370. The molecule has 1 aliphatic heterocycles. The SMILES string of the molecule is CC(=O)N1c2ccccc2NC2=CC(c3cccc([N+](=O)[O-])c3)CC(=O)C2C1c1ccc(Cl)cc1. The van der Waals surface area contributed by atoms with Gasteiger partial charge in [0, 0.05) is 42.1 Å². The molecular formula is C27H22ClN3O4. The van der Waals surface area contributed by atoms with Crippen LogP contribution < -0.4 is 10.2 Å². The van der Waals surface area contributed by atoms with E-state index in [4.69, 9.17) is 11.6 Å². The van der Waals surface area contributed by atoms with Crippen LogP contribution in [0.25, 0.3) is 0 Å². The molecule has 7 nitrogen and oxygen atoms in total. The highest BCUT2D eigenvalue weighted by atomic mass is 35.5. The summed E-state index contributed by atoms with van der Waals surface area (Å²) < 4.78 is 0. The van der Waals surface area contributed by atoms with Crippen molar-refractivity contribution in [2.24, 2.45) is 5.92 Å². The molecule has 35 heavy (non-hydrogen) atoms. The predicted octanol–water partition coefficient (Wildman–Crippen LogP) is 6.02. The van der Waals surface area contributed by atoms with Gasteiger partial charge in [0.25, 0.3) is 5.69 Å². The van der Waals surface area contributed by atoms with Crippen molar-refractivity contribution in [2.75, 3.05) is 10.2 Å². The van der Waals surface area contributed by atoms with Crippen LogP contribution in [0.1, 0.15) is 36.4 Å². The number of hydrogen-bond acceptors (Lipinski definition) is 5. The Labute approximate surface area is 207 Å². The van der Waals surface area contributed by atoms with E-state index in [1.165, 1.54) is 19.1 Å². The summed E-state index contributed by atoms with van der Waals surface area (Å²) in [6, 6.07) is 20.4. The molecule has 0 radical (unpaired) electrons. The minimum Gasteiger partial charge on any atom is -0.357 e. The van der Waals surface area contributed by atoms with Crippen LogP contribution in [0.5, 0.6) is 0 Å². The third kappa shape index (κ3) is 4.19. The first kappa shape index (κ1) is 22.8. The van der Waals surface area contributed by atoms with Gasteiger partial charge in [0.1, 0.15) is 5.78 Å². The minimum atomic E-state index is -0.637. The Hall–Kier alpha value is -3.97. The Morgan fingerprint density at radius 1 is 1.06 bits per heavy atom. The molecular weight excluding hydrogens is 466 g/mol. The lowest BCUT2D eigenvalue weighted by Gasteiger charge is -2.37. The van der Waals surface area contributed by atoms with Crippen molar-refractivity contribution >= 4 is 40.4 Å². The highest BCUT2D eigenvalue weighted by Gasteiger charge is 2.44. The fourth-order valence-corrected chi connectivity index (χ4v) is 5.18. The zero-order valence-electron chi connectivity index (χ0n) is 18.9. The molecule has 0 saturated heterocycles. The number of nitro groups is 1. The van der Waals surface area contributed by atoms with Crippen LogP contribution in [0, 0.1) is 16.0 Å². The van der Waals surface area contributed by atoms with Crippen LogP contribution >= 0.6 is 11.6 Å². The summed E-state index contributed by atoms with van der Waals surface area (Å²) in [6.45, 7) is 1.49. The molecule has 0 bridgehead atoms. The molecule has 3 atom stereocenters. The number of allylic oxidation sites excluding steroid dienone is 1. The molecule has 1 amide bonds. The first-order valence-corrected chi connectivity index (χ1v) is 11.6. The number of benzene rings is 3. The Morgan fingerprint density at radius 2 is 1.80 bits per heavy atom. The van der Waals surface area contributed by atoms with Crippen molar-refractivity contribution in [1.82, 2.24) is 0 Å². The van der Waals surface area contributed by atoms with E-state index in [-0.39, 0.29) is 29.7 Å². The van der Waals surface area contributed by atoms with Gasteiger partial charge in [-0.2, -0.15) is 0 Å². The quantitative estimate of drug-likeness (QED) is 0.360. The third-order valence-corrected chi connectivity index (χ3v) is 6.83. The second kappa shape index (κ2) is 9.00. The zero-order chi connectivity index (χ0) is 24.7. The highest BCUT2D eigenvalue weighted by Crippen LogP contribution is 2.48. The first-order valence-electron chi connectivity index (χ1n) is 11.2. The molecule has 3 aromatic rings. The summed E-state index contributed by atoms with van der Waals surface area (Å²) in [5.41, 5.74) is 3.54. The number of ketones is 1. The number of hydrogen-bond donors (Lipinski definition) is 1. The largest absolute Gasteiger partial charge is 0.357 e. The molecule has 3 aromatic carbocycles. The van der Waals surface area contributed by atoms with Crippen molar-refractivity contribution in [3.63, 3.8) is 0 Å². The van der Waals surface area contributed by atoms with Gasteiger partial charge in [-0.15, -0.1) is 0 Å². The highest BCUT2D eigenvalue weighted by molar-refractivity contribution is 6.30. The second-order valence-electron chi connectivity index (χ2n) is 8.76. The monoisotopic (exact) mass is 487 g/mol. The van der Waals surface area contributed by atoms with Crippen molar-refractivity contribution in [3.05, 3.63) is 111 Å². The van der Waals surface area contributed by atoms with Crippen LogP contribution in [0.15, 0.2) is 84.6 Å². The van der Waals surface area contributed by atoms with E-state index in [0.717, 1.165) is 5.56 Å². The van der Waals surface area contributed by atoms with Gasteiger partial charge in [-0.05, 0) is 35.4 Å². The van der Waals surface area contributed by atoms with E-state index in [0.29, 0.717) is 27.7 Å². The molecule has 8 heteroatoms. The van der Waals surface area contributed by atoms with Crippen LogP contribution in [0.2, 0.25) is 5.02 Å². The molecule has 1 heterocycles. The molecule has 0 fully saturated rings. The Kier molecular flexibility index (Phi) is 5.86. The van der Waals surface area contributed by atoms with E-state index >= 15 is 0 Å². The van der Waals surface area contributed by atoms with Gasteiger partial charge in [0.2, 0.25) is 5.91 Å². The van der Waals surface area contributed by atoms with Crippen LogP contribution in [0.3, 0.4) is 0 Å². The van der Waals surface area contributed by atoms with Gasteiger partial charge in [-0.1, -0.05) is 54.1 Å². The predicted molar refractivity (Wildman–Crippen MR) is 134 cm³/mol. The molecule has 0 aromatic heterocycles. The van der Waals surface area contributed by atoms with Crippen molar-refractivity contribution in [1.29, 1.82) is 0 Å². The number of rotatable bonds is 3. The number of non-ortho nitro benzene ring substituents is 1. The molecule has 3 unspecified atom stereocenters. The number of carbonyl (C=O) groups excluding carboxylic acids is 2. The van der Waals surface area contributed by atoms with Crippen LogP contribution in [-0.2, 0) is 9.59 Å². The van der Waals surface area contributed by atoms with Crippen molar-refractivity contribution in [2.45, 2.75) is 25.3 Å². The van der Waals surface area contributed by atoms with Crippen LogP contribution in [-0.4, -0.2) is 16.6 Å². The average Bonchev–Trinajstić information content (AvgIpc) is 2.99.